The highest BCUT2D eigenvalue weighted by Gasteiger charge is 2.47. The Hall–Kier alpha value is -1.02. The highest BCUT2D eigenvalue weighted by atomic mass is 16.7. The first kappa shape index (κ1) is 13.9. The maximum atomic E-state index is 6.17. The zero-order valence-electron chi connectivity index (χ0n) is 11.3. The molecule has 2 heterocycles. The highest BCUT2D eigenvalue weighted by Crippen LogP contribution is 2.32. The van der Waals surface area contributed by atoms with Crippen LogP contribution in [-0.4, -0.2) is 44.3 Å². The Morgan fingerprint density at radius 2 is 1.85 bits per heavy atom. The van der Waals surface area contributed by atoms with Gasteiger partial charge in [-0.05, 0) is 0 Å². The molecule has 0 bridgehead atoms. The van der Waals surface area contributed by atoms with Gasteiger partial charge in [-0.2, -0.15) is 0 Å². The van der Waals surface area contributed by atoms with Crippen LogP contribution in [-0.2, 0) is 18.9 Å². The third-order valence-electron chi connectivity index (χ3n) is 3.81. The second kappa shape index (κ2) is 5.77. The molecule has 0 radical (unpaired) electrons. The fourth-order valence-electron chi connectivity index (χ4n) is 2.66. The van der Waals surface area contributed by atoms with Crippen LogP contribution in [0.25, 0.3) is 0 Å². The van der Waals surface area contributed by atoms with Crippen LogP contribution in [0, 0.1) is 0 Å². The summed E-state index contributed by atoms with van der Waals surface area (Å²) >= 11 is 0. The van der Waals surface area contributed by atoms with Crippen LogP contribution in [0.4, 0.5) is 0 Å². The number of fused-ring (bicyclic) bond motifs is 1. The van der Waals surface area contributed by atoms with Crippen LogP contribution in [0.15, 0.2) is 30.3 Å². The molecule has 20 heavy (non-hydrogen) atoms. The zero-order chi connectivity index (χ0) is 14.1. The number of rotatable bonds is 2. The van der Waals surface area contributed by atoms with Crippen LogP contribution in [0.5, 0.6) is 0 Å². The third-order valence-corrected chi connectivity index (χ3v) is 3.81. The van der Waals surface area contributed by atoms with Gasteiger partial charge in [-0.15, -0.1) is 0 Å². The minimum Gasteiger partial charge on any atom is -0.354 e. The van der Waals surface area contributed by atoms with Crippen LogP contribution in [0.2, 0.25) is 0 Å². The van der Waals surface area contributed by atoms with Crippen molar-refractivity contribution in [3.63, 3.8) is 0 Å². The molecule has 2 fully saturated rings. The number of benzene rings is 1. The average Bonchev–Trinajstić information content (AvgIpc) is 2.51. The van der Waals surface area contributed by atoms with Crippen molar-refractivity contribution in [2.75, 3.05) is 13.7 Å². The third kappa shape index (κ3) is 2.46. The molecule has 6 atom stereocenters. The van der Waals surface area contributed by atoms with Crippen molar-refractivity contribution in [2.24, 2.45) is 11.5 Å². The van der Waals surface area contributed by atoms with Gasteiger partial charge in [0.1, 0.15) is 12.2 Å². The topological polar surface area (TPSA) is 89.0 Å². The zero-order valence-corrected chi connectivity index (χ0v) is 11.3. The van der Waals surface area contributed by atoms with Gasteiger partial charge in [0.05, 0.1) is 18.7 Å². The van der Waals surface area contributed by atoms with E-state index in [0.717, 1.165) is 5.56 Å². The molecule has 2 saturated heterocycles. The maximum absolute atomic E-state index is 6.17. The van der Waals surface area contributed by atoms with Crippen molar-refractivity contribution in [2.45, 2.75) is 36.9 Å². The van der Waals surface area contributed by atoms with Gasteiger partial charge in [0.2, 0.25) is 0 Å². The Balaban J connectivity index is 1.74. The van der Waals surface area contributed by atoms with Crippen LogP contribution in [0.3, 0.4) is 0 Å². The summed E-state index contributed by atoms with van der Waals surface area (Å²) in [4.78, 5) is 0. The second-order valence-electron chi connectivity index (χ2n) is 5.11. The fourth-order valence-corrected chi connectivity index (χ4v) is 2.66. The minimum absolute atomic E-state index is 0.255. The van der Waals surface area contributed by atoms with Crippen molar-refractivity contribution < 1.29 is 18.9 Å². The SMILES string of the molecule is CO[C@@H]1O[C@@H]2CO[C@H](c3ccccc3)O[C@H]2[C@@H](N)[C@@H]1N. The largest absolute Gasteiger partial charge is 0.354 e. The lowest BCUT2D eigenvalue weighted by atomic mass is 9.94. The first-order valence-corrected chi connectivity index (χ1v) is 6.72. The average molecular weight is 280 g/mol. The number of methoxy groups -OCH3 is 1. The first-order valence-electron chi connectivity index (χ1n) is 6.72. The summed E-state index contributed by atoms with van der Waals surface area (Å²) in [6, 6.07) is 8.97. The number of hydrogen-bond acceptors (Lipinski definition) is 6. The van der Waals surface area contributed by atoms with E-state index in [1.165, 1.54) is 0 Å². The van der Waals surface area contributed by atoms with Gasteiger partial charge in [-0.25, -0.2) is 0 Å². The van der Waals surface area contributed by atoms with Crippen molar-refractivity contribution in [1.82, 2.24) is 0 Å². The molecular formula is C14H20N2O4. The smallest absolute Gasteiger partial charge is 0.184 e. The van der Waals surface area contributed by atoms with Crippen LogP contribution >= 0.6 is 0 Å². The molecule has 0 saturated carbocycles. The lowest BCUT2D eigenvalue weighted by molar-refractivity contribution is -0.321. The van der Waals surface area contributed by atoms with Crippen LogP contribution in [0.1, 0.15) is 11.9 Å². The fraction of sp³-hybridized carbons (Fsp3) is 0.571. The Labute approximate surface area is 117 Å². The molecule has 6 nitrogen and oxygen atoms in total. The van der Waals surface area contributed by atoms with E-state index in [9.17, 15) is 0 Å². The first-order chi connectivity index (χ1) is 9.70. The van der Waals surface area contributed by atoms with Crippen molar-refractivity contribution in [1.29, 1.82) is 0 Å². The van der Waals surface area contributed by atoms with Gasteiger partial charge >= 0.3 is 0 Å². The molecule has 0 amide bonds. The van der Waals surface area contributed by atoms with E-state index in [1.807, 2.05) is 30.3 Å². The summed E-state index contributed by atoms with van der Waals surface area (Å²) < 4.78 is 22.6. The van der Waals surface area contributed by atoms with Crippen LogP contribution < -0.4 is 11.5 Å². The molecule has 0 aromatic heterocycles. The molecule has 2 aliphatic heterocycles. The molecule has 1 aromatic carbocycles. The van der Waals surface area contributed by atoms with Gasteiger partial charge in [-0.3, -0.25) is 0 Å². The molecule has 6 heteroatoms. The van der Waals surface area contributed by atoms with E-state index >= 15 is 0 Å². The Bertz CT molecular complexity index is 442. The van der Waals surface area contributed by atoms with Gasteiger partial charge in [-0.1, -0.05) is 30.3 Å². The molecule has 0 unspecified atom stereocenters. The summed E-state index contributed by atoms with van der Waals surface area (Å²) in [6.45, 7) is 0.407. The number of nitrogens with two attached hydrogens (primary N) is 2. The summed E-state index contributed by atoms with van der Waals surface area (Å²) in [5, 5.41) is 0. The van der Waals surface area contributed by atoms with E-state index in [-0.39, 0.29) is 18.2 Å². The molecule has 2 aliphatic rings. The van der Waals surface area contributed by atoms with E-state index in [2.05, 4.69) is 0 Å². The summed E-state index contributed by atoms with van der Waals surface area (Å²) in [5.41, 5.74) is 13.2. The minimum atomic E-state index is -0.522. The quantitative estimate of drug-likeness (QED) is 0.800. The lowest BCUT2D eigenvalue weighted by Gasteiger charge is -2.47. The van der Waals surface area contributed by atoms with Gasteiger partial charge in [0, 0.05) is 12.7 Å². The Morgan fingerprint density at radius 3 is 2.55 bits per heavy atom. The van der Waals surface area contributed by atoms with E-state index in [1.54, 1.807) is 7.11 Å². The second-order valence-corrected chi connectivity index (χ2v) is 5.11. The van der Waals surface area contributed by atoms with Gasteiger partial charge < -0.3 is 30.4 Å². The normalized spacial score (nSPS) is 41.1. The number of ether oxygens (including phenoxy) is 4. The molecular weight excluding hydrogens is 260 g/mol. The predicted octanol–water partition coefficient (Wildman–Crippen LogP) is 0.127. The molecule has 0 aliphatic carbocycles. The highest BCUT2D eigenvalue weighted by molar-refractivity contribution is 5.16. The standard InChI is InChI=1S/C14H20N2O4/c1-17-14-11(16)10(15)12-9(19-14)7-18-13(20-12)8-5-3-2-4-6-8/h2-6,9-14H,7,15-16H2,1H3/t9-,10+,11+,12-,13+,14-/m1/s1. The van der Waals surface area contributed by atoms with Crippen molar-refractivity contribution in [3.05, 3.63) is 35.9 Å². The van der Waals surface area contributed by atoms with E-state index in [4.69, 9.17) is 30.4 Å². The van der Waals surface area contributed by atoms with E-state index in [0.29, 0.717) is 6.61 Å². The molecule has 110 valence electrons. The summed E-state index contributed by atoms with van der Waals surface area (Å²) in [5.74, 6) is 0. The molecule has 1 aromatic rings. The molecule has 0 spiro atoms. The Kier molecular flexibility index (Phi) is 4.02. The van der Waals surface area contributed by atoms with Gasteiger partial charge in [0.15, 0.2) is 12.6 Å². The summed E-state index contributed by atoms with van der Waals surface area (Å²) in [7, 11) is 1.55. The molecule has 4 N–H and O–H groups in total. The predicted molar refractivity (Wildman–Crippen MR) is 71.6 cm³/mol. The Morgan fingerprint density at radius 1 is 1.10 bits per heavy atom. The van der Waals surface area contributed by atoms with Crippen molar-refractivity contribution in [3.8, 4) is 0 Å². The van der Waals surface area contributed by atoms with Gasteiger partial charge in [0.25, 0.3) is 0 Å². The van der Waals surface area contributed by atoms with Crippen molar-refractivity contribution >= 4 is 0 Å². The summed E-state index contributed by atoms with van der Waals surface area (Å²) in [6.07, 6.45) is -1.50. The lowest BCUT2D eigenvalue weighted by Crippen LogP contribution is -2.67. The molecule has 3 rings (SSSR count). The maximum Gasteiger partial charge on any atom is 0.184 e. The number of hydrogen-bond donors (Lipinski definition) is 2. The monoisotopic (exact) mass is 280 g/mol. The van der Waals surface area contributed by atoms with E-state index < -0.39 is 18.6 Å².